The highest BCUT2D eigenvalue weighted by molar-refractivity contribution is 9.11. The smallest absolute Gasteiger partial charge is 0.130 e. The first-order chi connectivity index (χ1) is 6.18. The molecule has 1 aromatic heterocycles. The van der Waals surface area contributed by atoms with Gasteiger partial charge < -0.3 is 4.79 Å². The Hall–Kier alpha value is -0.410. The molecule has 13 heavy (non-hydrogen) atoms. The van der Waals surface area contributed by atoms with Crippen LogP contribution in [0.15, 0.2) is 22.0 Å². The molecule has 0 bridgehead atoms. The summed E-state index contributed by atoms with van der Waals surface area (Å²) in [6.07, 6.45) is 5.58. The summed E-state index contributed by atoms with van der Waals surface area (Å²) >= 11 is 5.09. The molecule has 1 nitrogen and oxygen atoms in total. The van der Waals surface area contributed by atoms with E-state index >= 15 is 0 Å². The van der Waals surface area contributed by atoms with Crippen molar-refractivity contribution in [2.75, 3.05) is 0 Å². The van der Waals surface area contributed by atoms with E-state index in [4.69, 9.17) is 0 Å². The van der Waals surface area contributed by atoms with Gasteiger partial charge in [0, 0.05) is 11.3 Å². The van der Waals surface area contributed by atoms with E-state index in [-0.39, 0.29) is 5.78 Å². The Morgan fingerprint density at radius 1 is 1.62 bits per heavy atom. The second-order valence-corrected chi connectivity index (χ2v) is 5.28. The van der Waals surface area contributed by atoms with Crippen LogP contribution in [0.1, 0.15) is 24.6 Å². The molecule has 0 aromatic carbocycles. The fraction of sp³-hybridized carbons (Fsp3) is 0.300. The number of thiophene rings is 1. The maximum absolute atomic E-state index is 10.6. The van der Waals surface area contributed by atoms with Crippen LogP contribution in [0.5, 0.6) is 0 Å². The Morgan fingerprint density at radius 2 is 2.38 bits per heavy atom. The lowest BCUT2D eigenvalue weighted by Crippen LogP contribution is -1.85. The van der Waals surface area contributed by atoms with E-state index in [1.807, 2.05) is 12.1 Å². The minimum atomic E-state index is 0.247. The van der Waals surface area contributed by atoms with Gasteiger partial charge in [-0.15, -0.1) is 11.3 Å². The third kappa shape index (κ3) is 4.39. The molecule has 0 spiro atoms. The molecule has 0 radical (unpaired) electrons. The lowest BCUT2D eigenvalue weighted by molar-refractivity contribution is -0.116. The maximum Gasteiger partial charge on any atom is 0.130 e. The second-order valence-electron chi connectivity index (χ2n) is 2.78. The predicted molar refractivity (Wildman–Crippen MR) is 61.0 cm³/mol. The molecule has 0 aliphatic carbocycles. The minimum Gasteiger partial charge on any atom is -0.300 e. The summed E-state index contributed by atoms with van der Waals surface area (Å²) in [6, 6.07) is 4.08. The molecule has 1 heterocycles. The number of rotatable bonds is 4. The van der Waals surface area contributed by atoms with Gasteiger partial charge in [-0.2, -0.15) is 0 Å². The van der Waals surface area contributed by atoms with E-state index in [9.17, 15) is 4.79 Å². The van der Waals surface area contributed by atoms with E-state index < -0.39 is 0 Å². The normalized spacial score (nSPS) is 10.9. The number of hydrogen-bond acceptors (Lipinski definition) is 2. The van der Waals surface area contributed by atoms with Crippen molar-refractivity contribution < 1.29 is 4.79 Å². The highest BCUT2D eigenvalue weighted by atomic mass is 79.9. The maximum atomic E-state index is 10.6. The molecule has 0 aliphatic rings. The van der Waals surface area contributed by atoms with Crippen LogP contribution in [0, 0.1) is 0 Å². The number of carbonyl (C=O) groups is 1. The van der Waals surface area contributed by atoms with E-state index in [1.165, 1.54) is 4.88 Å². The van der Waals surface area contributed by atoms with Crippen LogP contribution in [0.3, 0.4) is 0 Å². The second kappa shape index (κ2) is 5.35. The highest BCUT2D eigenvalue weighted by Gasteiger charge is 1.92. The van der Waals surface area contributed by atoms with Crippen molar-refractivity contribution in [3.8, 4) is 0 Å². The Morgan fingerprint density at radius 3 is 2.92 bits per heavy atom. The monoisotopic (exact) mass is 258 g/mol. The van der Waals surface area contributed by atoms with E-state index in [2.05, 4.69) is 28.1 Å². The molecule has 70 valence electrons. The van der Waals surface area contributed by atoms with Gasteiger partial charge in [0.15, 0.2) is 0 Å². The van der Waals surface area contributed by atoms with Gasteiger partial charge >= 0.3 is 0 Å². The standard InChI is InChI=1S/C10H11BrOS/c1-8(12)4-2-3-5-9-6-7-10(11)13-9/h3,5-7H,2,4H2,1H3/b5-3+. The molecule has 0 saturated heterocycles. The Balaban J connectivity index is 2.36. The van der Waals surface area contributed by atoms with Gasteiger partial charge in [0.1, 0.15) is 5.78 Å². The van der Waals surface area contributed by atoms with Crippen LogP contribution < -0.4 is 0 Å². The highest BCUT2D eigenvalue weighted by Crippen LogP contribution is 2.23. The fourth-order valence-corrected chi connectivity index (χ4v) is 2.26. The summed E-state index contributed by atoms with van der Waals surface area (Å²) in [7, 11) is 0. The zero-order valence-electron chi connectivity index (χ0n) is 7.42. The molecule has 3 heteroatoms. The van der Waals surface area contributed by atoms with Gasteiger partial charge in [0.05, 0.1) is 3.79 Å². The van der Waals surface area contributed by atoms with Crippen LogP contribution in [-0.4, -0.2) is 5.78 Å². The zero-order chi connectivity index (χ0) is 9.68. The lowest BCUT2D eigenvalue weighted by atomic mass is 10.2. The van der Waals surface area contributed by atoms with Crippen molar-refractivity contribution in [2.45, 2.75) is 19.8 Å². The molecule has 0 saturated carbocycles. The number of hydrogen-bond donors (Lipinski definition) is 0. The van der Waals surface area contributed by atoms with E-state index in [0.717, 1.165) is 10.2 Å². The van der Waals surface area contributed by atoms with Crippen molar-refractivity contribution in [1.82, 2.24) is 0 Å². The topological polar surface area (TPSA) is 17.1 Å². The van der Waals surface area contributed by atoms with Crippen LogP contribution >= 0.6 is 27.3 Å². The van der Waals surface area contributed by atoms with Crippen LogP contribution in [0.25, 0.3) is 6.08 Å². The summed E-state index contributed by atoms with van der Waals surface area (Å²) in [5.74, 6) is 0.247. The molecule has 0 fully saturated rings. The molecule has 0 atom stereocenters. The number of Topliss-reactive ketones (excluding diaryl/α,β-unsaturated/α-hetero) is 1. The van der Waals surface area contributed by atoms with Crippen molar-refractivity contribution in [1.29, 1.82) is 0 Å². The fourth-order valence-electron chi connectivity index (χ4n) is 0.904. The summed E-state index contributed by atoms with van der Waals surface area (Å²) in [6.45, 7) is 1.62. The average molecular weight is 259 g/mol. The van der Waals surface area contributed by atoms with Gasteiger partial charge in [0.2, 0.25) is 0 Å². The van der Waals surface area contributed by atoms with Gasteiger partial charge in [0.25, 0.3) is 0 Å². The Labute approximate surface area is 90.6 Å². The van der Waals surface area contributed by atoms with Crippen molar-refractivity contribution in [2.24, 2.45) is 0 Å². The van der Waals surface area contributed by atoms with Gasteiger partial charge in [-0.05, 0) is 47.5 Å². The molecule has 1 rings (SSSR count). The van der Waals surface area contributed by atoms with Gasteiger partial charge in [-0.3, -0.25) is 0 Å². The summed E-state index contributed by atoms with van der Waals surface area (Å²) in [5, 5.41) is 0. The number of carbonyl (C=O) groups excluding carboxylic acids is 1. The summed E-state index contributed by atoms with van der Waals surface area (Å²) in [4.78, 5) is 11.8. The molecule has 0 unspecified atom stereocenters. The number of ketones is 1. The zero-order valence-corrected chi connectivity index (χ0v) is 9.82. The largest absolute Gasteiger partial charge is 0.300 e. The van der Waals surface area contributed by atoms with Crippen LogP contribution in [0.2, 0.25) is 0 Å². The van der Waals surface area contributed by atoms with Gasteiger partial charge in [-0.1, -0.05) is 6.08 Å². The SMILES string of the molecule is CC(=O)CC/C=C/c1ccc(Br)s1. The van der Waals surface area contributed by atoms with Crippen molar-refractivity contribution in [3.05, 3.63) is 26.9 Å². The molecular formula is C10H11BrOS. The Bertz CT molecular complexity index is 314. The molecule has 0 aliphatic heterocycles. The first-order valence-corrected chi connectivity index (χ1v) is 5.71. The first-order valence-electron chi connectivity index (χ1n) is 4.10. The van der Waals surface area contributed by atoms with Crippen LogP contribution in [0.4, 0.5) is 0 Å². The molecule has 0 N–H and O–H groups in total. The molecule has 1 aromatic rings. The van der Waals surface area contributed by atoms with Gasteiger partial charge in [-0.25, -0.2) is 0 Å². The predicted octanol–water partition coefficient (Wildman–Crippen LogP) is 3.89. The third-order valence-electron chi connectivity index (χ3n) is 1.54. The lowest BCUT2D eigenvalue weighted by Gasteiger charge is -1.87. The Kier molecular flexibility index (Phi) is 4.39. The first kappa shape index (κ1) is 10.7. The number of allylic oxidation sites excluding steroid dienone is 1. The van der Waals surface area contributed by atoms with E-state index in [0.29, 0.717) is 6.42 Å². The third-order valence-corrected chi connectivity index (χ3v) is 3.13. The van der Waals surface area contributed by atoms with Crippen molar-refractivity contribution >= 4 is 39.1 Å². The molecular weight excluding hydrogens is 248 g/mol. The van der Waals surface area contributed by atoms with E-state index in [1.54, 1.807) is 18.3 Å². The van der Waals surface area contributed by atoms with Crippen molar-refractivity contribution in [3.63, 3.8) is 0 Å². The minimum absolute atomic E-state index is 0.247. The summed E-state index contributed by atoms with van der Waals surface area (Å²) < 4.78 is 1.14. The summed E-state index contributed by atoms with van der Waals surface area (Å²) in [5.41, 5.74) is 0. The van der Waals surface area contributed by atoms with Crippen LogP contribution in [-0.2, 0) is 4.79 Å². The number of halogens is 1. The average Bonchev–Trinajstić information content (AvgIpc) is 2.45. The quantitative estimate of drug-likeness (QED) is 0.801. The molecule has 0 amide bonds.